The lowest BCUT2D eigenvalue weighted by molar-refractivity contribution is -0.192. The first-order valence-electron chi connectivity index (χ1n) is 19.0. The molecule has 10 nitrogen and oxygen atoms in total. The zero-order valence-corrected chi connectivity index (χ0v) is 29.6. The van der Waals surface area contributed by atoms with Crippen molar-refractivity contribution in [1.82, 2.24) is 25.3 Å². The van der Waals surface area contributed by atoms with Crippen molar-refractivity contribution in [2.75, 3.05) is 39.8 Å². The molecule has 1 aromatic carbocycles. The molecule has 49 heavy (non-hydrogen) atoms. The zero-order chi connectivity index (χ0) is 34.2. The summed E-state index contributed by atoms with van der Waals surface area (Å²) in [5.74, 6) is 1.11. The molecule has 4 heterocycles. The van der Waals surface area contributed by atoms with Crippen LogP contribution in [-0.2, 0) is 20.7 Å². The van der Waals surface area contributed by atoms with Crippen molar-refractivity contribution in [2.24, 2.45) is 11.8 Å². The molecule has 1 aromatic rings. The van der Waals surface area contributed by atoms with Gasteiger partial charge in [-0.15, -0.1) is 0 Å². The Morgan fingerprint density at radius 1 is 1.10 bits per heavy atom. The molecule has 2 N–H and O–H groups in total. The highest BCUT2D eigenvalue weighted by Gasteiger charge is 2.64. The summed E-state index contributed by atoms with van der Waals surface area (Å²) in [6, 6.07) is 8.26. The average Bonchev–Trinajstić information content (AvgIpc) is 3.67. The molecular formula is C39H56N6O4. The van der Waals surface area contributed by atoms with E-state index in [1.165, 1.54) is 37.3 Å². The van der Waals surface area contributed by atoms with E-state index in [-0.39, 0.29) is 30.1 Å². The Hall–Kier alpha value is -2.81. The van der Waals surface area contributed by atoms with Crippen molar-refractivity contribution in [3.8, 4) is 11.8 Å². The van der Waals surface area contributed by atoms with E-state index in [9.17, 15) is 10.1 Å². The van der Waals surface area contributed by atoms with Gasteiger partial charge in [-0.25, -0.2) is 0 Å². The Morgan fingerprint density at radius 2 is 1.90 bits per heavy atom. The molecular weight excluding hydrogens is 616 g/mol. The molecule has 10 heteroatoms. The highest BCUT2D eigenvalue weighted by atomic mass is 16.5. The van der Waals surface area contributed by atoms with Gasteiger partial charge in [0, 0.05) is 38.0 Å². The van der Waals surface area contributed by atoms with E-state index in [0.717, 1.165) is 56.4 Å². The third kappa shape index (κ3) is 6.46. The topological polar surface area (TPSA) is 110 Å². The lowest BCUT2D eigenvalue weighted by Crippen LogP contribution is -2.83. The number of nitrogens with one attached hydrogen (secondary N) is 2. The van der Waals surface area contributed by atoms with Crippen LogP contribution < -0.4 is 15.4 Å². The van der Waals surface area contributed by atoms with Gasteiger partial charge < -0.3 is 19.3 Å². The molecule has 7 atom stereocenters. The van der Waals surface area contributed by atoms with Crippen molar-refractivity contribution in [1.29, 1.82) is 5.26 Å². The second-order valence-corrected chi connectivity index (χ2v) is 15.7. The van der Waals surface area contributed by atoms with E-state index in [1.807, 2.05) is 11.0 Å². The van der Waals surface area contributed by atoms with Crippen LogP contribution in [-0.4, -0.2) is 102 Å². The molecule has 3 saturated heterocycles. The molecule has 0 radical (unpaired) electrons. The van der Waals surface area contributed by atoms with E-state index in [4.69, 9.17) is 9.47 Å². The normalized spacial score (nSPS) is 36.0. The largest absolute Gasteiger partial charge is 0.479 e. The Kier molecular flexibility index (Phi) is 10.2. The van der Waals surface area contributed by atoms with Crippen LogP contribution in [0.15, 0.2) is 30.9 Å². The first-order chi connectivity index (χ1) is 23.8. The number of likely N-dealkylation sites (N-methyl/N-ethyl adjacent to an activating group) is 1. The lowest BCUT2D eigenvalue weighted by atomic mass is 9.62. The second kappa shape index (κ2) is 14.4. The third-order valence-electron chi connectivity index (χ3n) is 12.9. The summed E-state index contributed by atoms with van der Waals surface area (Å²) in [5, 5.41) is 17.7. The van der Waals surface area contributed by atoms with Gasteiger partial charge in [-0.3, -0.25) is 25.1 Å². The van der Waals surface area contributed by atoms with Crippen molar-refractivity contribution in [3.05, 3.63) is 42.0 Å². The number of carbonyl (C=O) groups excluding carboxylic acids is 2. The number of fused-ring (bicyclic) bond motifs is 2. The van der Waals surface area contributed by atoms with Gasteiger partial charge in [-0.05, 0) is 82.7 Å². The summed E-state index contributed by atoms with van der Waals surface area (Å²) in [7, 11) is 2.17. The highest BCUT2D eigenvalue weighted by molar-refractivity contribution is 5.95. The fourth-order valence-corrected chi connectivity index (χ4v) is 10.4. The summed E-state index contributed by atoms with van der Waals surface area (Å²) < 4.78 is 13.5. The first kappa shape index (κ1) is 34.6. The quantitative estimate of drug-likeness (QED) is 0.411. The first-order valence-corrected chi connectivity index (χ1v) is 19.0. The van der Waals surface area contributed by atoms with Crippen LogP contribution in [0.4, 0.5) is 0 Å². The maximum atomic E-state index is 15.1. The number of ketones is 1. The van der Waals surface area contributed by atoms with Gasteiger partial charge in [0.25, 0.3) is 0 Å². The molecule has 1 amide bonds. The number of piperazine rings is 1. The van der Waals surface area contributed by atoms with Crippen LogP contribution in [0.3, 0.4) is 0 Å². The second-order valence-electron chi connectivity index (χ2n) is 15.7. The zero-order valence-electron chi connectivity index (χ0n) is 29.6. The Bertz CT molecular complexity index is 1440. The molecule has 1 spiro atoms. The van der Waals surface area contributed by atoms with E-state index in [1.54, 1.807) is 0 Å². The standard InChI is InChI=1S/C39H56N6O4/c1-4-34(46)45-22-21-44(25-30(45)17-19-40)39(29-11-8-6-5-7-9-12-29)32-16-18-38(24-28-23-27(2)14-15-33(28)49-38)36(47)35(32)41-37(42-39)48-26-31-13-10-20-43(31)3/h4,14-15,23,29-32,35,37,41-42H,1,5-13,16-18,20-22,24-26H2,2-3H3/t30?,31?,32?,35?,37?,38-,39?/m1/s1. The summed E-state index contributed by atoms with van der Waals surface area (Å²) in [6.07, 6.45) is 13.6. The number of aryl methyl sites for hydroxylation is 1. The average molecular weight is 673 g/mol. The van der Waals surface area contributed by atoms with Crippen molar-refractivity contribution in [3.63, 3.8) is 0 Å². The number of rotatable bonds is 7. The Morgan fingerprint density at radius 3 is 2.63 bits per heavy atom. The molecule has 5 fully saturated rings. The highest BCUT2D eigenvalue weighted by Crippen LogP contribution is 2.51. The SMILES string of the molecule is C=CC(=O)N1CCN(C2(C3CCCCCCC3)NC(OCC3CCCN3C)NC3C(=O)[C@@]4(CCC32)Cc2cc(C)ccc2O4)CC1CC#N. The Balaban J connectivity index is 1.27. The monoisotopic (exact) mass is 672 g/mol. The van der Waals surface area contributed by atoms with E-state index < -0.39 is 23.7 Å². The van der Waals surface area contributed by atoms with Crippen LogP contribution in [0.25, 0.3) is 0 Å². The maximum Gasteiger partial charge on any atom is 0.246 e. The number of carbonyl (C=O) groups is 2. The number of amides is 1. The van der Waals surface area contributed by atoms with Crippen molar-refractivity contribution in [2.45, 2.75) is 126 Å². The van der Waals surface area contributed by atoms with Crippen LogP contribution in [0.5, 0.6) is 5.75 Å². The van der Waals surface area contributed by atoms with Gasteiger partial charge in [0.05, 0.1) is 36.8 Å². The molecule has 266 valence electrons. The van der Waals surface area contributed by atoms with Crippen LogP contribution >= 0.6 is 0 Å². The summed E-state index contributed by atoms with van der Waals surface area (Å²) >= 11 is 0. The van der Waals surface area contributed by atoms with E-state index >= 15 is 4.79 Å². The number of ether oxygens (including phenoxy) is 2. The minimum atomic E-state index is -0.886. The fourth-order valence-electron chi connectivity index (χ4n) is 10.4. The van der Waals surface area contributed by atoms with E-state index in [0.29, 0.717) is 51.0 Å². The predicted octanol–water partition coefficient (Wildman–Crippen LogP) is 4.27. The van der Waals surface area contributed by atoms with Gasteiger partial charge in [0.2, 0.25) is 5.91 Å². The number of Topliss-reactive ketones (excluding diaryl/α,β-unsaturated/α-hetero) is 1. The van der Waals surface area contributed by atoms with Crippen LogP contribution in [0, 0.1) is 30.1 Å². The maximum absolute atomic E-state index is 15.1. The summed E-state index contributed by atoms with van der Waals surface area (Å²) in [5.41, 5.74) is 0.861. The molecule has 7 rings (SSSR count). The van der Waals surface area contributed by atoms with Crippen molar-refractivity contribution >= 4 is 11.7 Å². The molecule has 6 unspecified atom stereocenters. The summed E-state index contributed by atoms with van der Waals surface area (Å²) in [4.78, 5) is 34.9. The van der Waals surface area contributed by atoms with Crippen LogP contribution in [0.2, 0.25) is 0 Å². The smallest absolute Gasteiger partial charge is 0.246 e. The number of hydrogen-bond acceptors (Lipinski definition) is 9. The lowest BCUT2D eigenvalue weighted by Gasteiger charge is -2.63. The van der Waals surface area contributed by atoms with Crippen LogP contribution in [0.1, 0.15) is 88.2 Å². The minimum Gasteiger partial charge on any atom is -0.479 e. The van der Waals surface area contributed by atoms with Crippen molar-refractivity contribution < 1.29 is 19.1 Å². The third-order valence-corrected chi connectivity index (χ3v) is 12.9. The molecule has 4 aliphatic heterocycles. The van der Waals surface area contributed by atoms with E-state index in [2.05, 4.69) is 59.2 Å². The number of hydrogen-bond donors (Lipinski definition) is 2. The van der Waals surface area contributed by atoms with Gasteiger partial charge in [0.15, 0.2) is 17.7 Å². The van der Waals surface area contributed by atoms with Gasteiger partial charge in [-0.1, -0.05) is 56.4 Å². The molecule has 6 aliphatic rings. The molecule has 0 aromatic heterocycles. The number of nitrogens with zero attached hydrogens (tertiary/aromatic N) is 4. The molecule has 2 aliphatic carbocycles. The number of nitriles is 1. The molecule has 0 bridgehead atoms. The summed E-state index contributed by atoms with van der Waals surface area (Å²) in [6.45, 7) is 9.25. The Labute approximate surface area is 292 Å². The molecule has 2 saturated carbocycles. The van der Waals surface area contributed by atoms with Gasteiger partial charge in [0.1, 0.15) is 5.75 Å². The number of benzene rings is 1. The fraction of sp³-hybridized carbons (Fsp3) is 0.718. The number of likely N-dealkylation sites (tertiary alicyclic amines) is 1. The predicted molar refractivity (Wildman–Crippen MR) is 187 cm³/mol. The van der Waals surface area contributed by atoms with Gasteiger partial charge in [-0.2, -0.15) is 5.26 Å². The minimum absolute atomic E-state index is 0.0255. The van der Waals surface area contributed by atoms with Gasteiger partial charge >= 0.3 is 0 Å².